The van der Waals surface area contributed by atoms with Crippen LogP contribution in [0, 0.1) is 0 Å². The number of carbonyl (C=O) groups is 1. The molecule has 0 bridgehead atoms. The third kappa shape index (κ3) is 3.15. The summed E-state index contributed by atoms with van der Waals surface area (Å²) in [5.74, 6) is 0.191. The van der Waals surface area contributed by atoms with Gasteiger partial charge in [0.1, 0.15) is 5.75 Å². The van der Waals surface area contributed by atoms with E-state index in [0.29, 0.717) is 32.7 Å². The van der Waals surface area contributed by atoms with Crippen molar-refractivity contribution in [2.24, 2.45) is 0 Å². The molecule has 0 aliphatic carbocycles. The zero-order valence-electron chi connectivity index (χ0n) is 10.6. The Labute approximate surface area is 126 Å². The van der Waals surface area contributed by atoms with Crippen molar-refractivity contribution in [2.75, 3.05) is 18.2 Å². The van der Waals surface area contributed by atoms with Crippen molar-refractivity contribution in [1.82, 2.24) is 0 Å². The second-order valence-electron chi connectivity index (χ2n) is 4.04. The minimum Gasteiger partial charge on any atom is -0.495 e. The summed E-state index contributed by atoms with van der Waals surface area (Å²) < 4.78 is 5.16. The predicted molar refractivity (Wildman–Crippen MR) is 81.8 cm³/mol. The summed E-state index contributed by atoms with van der Waals surface area (Å²) in [4.78, 5) is 12.1. The molecule has 0 saturated heterocycles. The number of nitrogens with two attached hydrogens (primary N) is 1. The molecule has 4 nitrogen and oxygen atoms in total. The van der Waals surface area contributed by atoms with Gasteiger partial charge < -0.3 is 15.8 Å². The van der Waals surface area contributed by atoms with Crippen LogP contribution in [0.2, 0.25) is 10.0 Å². The van der Waals surface area contributed by atoms with E-state index in [1.807, 2.05) is 0 Å². The summed E-state index contributed by atoms with van der Waals surface area (Å²) in [7, 11) is 1.51. The quantitative estimate of drug-likeness (QED) is 0.847. The number of carbonyl (C=O) groups excluding carboxylic acids is 1. The number of methoxy groups -OCH3 is 1. The van der Waals surface area contributed by atoms with Gasteiger partial charge in [-0.3, -0.25) is 4.79 Å². The fourth-order valence-corrected chi connectivity index (χ4v) is 1.99. The molecule has 2 aromatic carbocycles. The maximum absolute atomic E-state index is 12.1. The number of halogens is 2. The van der Waals surface area contributed by atoms with Crippen LogP contribution in [0.25, 0.3) is 0 Å². The molecule has 3 N–H and O–H groups in total. The van der Waals surface area contributed by atoms with Crippen LogP contribution in [0.1, 0.15) is 10.4 Å². The molecule has 0 heterocycles. The molecule has 0 aliphatic heterocycles. The fourth-order valence-electron chi connectivity index (χ4n) is 1.64. The lowest BCUT2D eigenvalue weighted by Gasteiger charge is -2.11. The summed E-state index contributed by atoms with van der Waals surface area (Å²) >= 11 is 11.8. The smallest absolute Gasteiger partial charge is 0.255 e. The van der Waals surface area contributed by atoms with Gasteiger partial charge in [0, 0.05) is 10.6 Å². The maximum Gasteiger partial charge on any atom is 0.255 e. The molecule has 0 saturated carbocycles. The molecule has 0 atom stereocenters. The summed E-state index contributed by atoms with van der Waals surface area (Å²) in [6.45, 7) is 0. The van der Waals surface area contributed by atoms with Gasteiger partial charge in [0.15, 0.2) is 0 Å². The highest BCUT2D eigenvalue weighted by Gasteiger charge is 2.11. The second kappa shape index (κ2) is 6.03. The lowest BCUT2D eigenvalue weighted by atomic mass is 10.2. The van der Waals surface area contributed by atoms with Gasteiger partial charge in [-0.05, 0) is 36.4 Å². The number of hydrogen-bond donors (Lipinski definition) is 2. The molecule has 0 aliphatic rings. The molecular formula is C14H12Cl2N2O2. The van der Waals surface area contributed by atoms with Gasteiger partial charge in [0.25, 0.3) is 5.91 Å². The SMILES string of the molecule is COc1ccc(Cl)cc1NC(=O)c1ccc(N)c(Cl)c1. The number of rotatable bonds is 3. The molecule has 0 aromatic heterocycles. The Morgan fingerprint density at radius 3 is 2.60 bits per heavy atom. The Kier molecular flexibility index (Phi) is 4.37. The number of hydrogen-bond acceptors (Lipinski definition) is 3. The molecule has 0 radical (unpaired) electrons. The van der Waals surface area contributed by atoms with Crippen molar-refractivity contribution in [3.63, 3.8) is 0 Å². The van der Waals surface area contributed by atoms with E-state index in [4.69, 9.17) is 33.7 Å². The number of nitrogens with one attached hydrogen (secondary N) is 1. The van der Waals surface area contributed by atoms with Crippen molar-refractivity contribution in [3.8, 4) is 5.75 Å². The zero-order valence-corrected chi connectivity index (χ0v) is 12.1. The third-order valence-corrected chi connectivity index (χ3v) is 3.23. The van der Waals surface area contributed by atoms with E-state index in [9.17, 15) is 4.79 Å². The zero-order chi connectivity index (χ0) is 14.7. The van der Waals surface area contributed by atoms with Crippen LogP contribution in [-0.2, 0) is 0 Å². The van der Waals surface area contributed by atoms with E-state index in [1.54, 1.807) is 30.3 Å². The highest BCUT2D eigenvalue weighted by Crippen LogP contribution is 2.28. The maximum atomic E-state index is 12.1. The van der Waals surface area contributed by atoms with Gasteiger partial charge in [0.05, 0.1) is 23.5 Å². The predicted octanol–water partition coefficient (Wildman–Crippen LogP) is 3.84. The molecule has 0 spiro atoms. The summed E-state index contributed by atoms with van der Waals surface area (Å²) in [6.07, 6.45) is 0. The second-order valence-corrected chi connectivity index (χ2v) is 4.88. The summed E-state index contributed by atoms with van der Waals surface area (Å²) in [5, 5.41) is 3.54. The highest BCUT2D eigenvalue weighted by molar-refractivity contribution is 6.33. The van der Waals surface area contributed by atoms with Gasteiger partial charge in [-0.15, -0.1) is 0 Å². The first kappa shape index (κ1) is 14.5. The van der Waals surface area contributed by atoms with Crippen molar-refractivity contribution < 1.29 is 9.53 Å². The Hall–Kier alpha value is -1.91. The molecule has 6 heteroatoms. The monoisotopic (exact) mass is 310 g/mol. The molecule has 20 heavy (non-hydrogen) atoms. The van der Waals surface area contributed by atoms with E-state index in [1.165, 1.54) is 13.2 Å². The number of nitrogen functional groups attached to an aromatic ring is 1. The van der Waals surface area contributed by atoms with E-state index in [0.717, 1.165) is 0 Å². The minimum atomic E-state index is -0.326. The Bertz CT molecular complexity index is 660. The third-order valence-electron chi connectivity index (χ3n) is 2.67. The Morgan fingerprint density at radius 1 is 1.20 bits per heavy atom. The molecule has 0 fully saturated rings. The summed E-state index contributed by atoms with van der Waals surface area (Å²) in [6, 6.07) is 9.63. The average Bonchev–Trinajstić information content (AvgIpc) is 2.42. The van der Waals surface area contributed by atoms with Gasteiger partial charge >= 0.3 is 0 Å². The van der Waals surface area contributed by atoms with Crippen LogP contribution in [0.4, 0.5) is 11.4 Å². The van der Waals surface area contributed by atoms with Crippen molar-refractivity contribution >= 4 is 40.5 Å². The van der Waals surface area contributed by atoms with Crippen molar-refractivity contribution in [1.29, 1.82) is 0 Å². The minimum absolute atomic E-state index is 0.326. The van der Waals surface area contributed by atoms with Gasteiger partial charge in [-0.25, -0.2) is 0 Å². The molecular weight excluding hydrogens is 299 g/mol. The highest BCUT2D eigenvalue weighted by atomic mass is 35.5. The fraction of sp³-hybridized carbons (Fsp3) is 0.0714. The number of amides is 1. The van der Waals surface area contributed by atoms with Crippen LogP contribution in [0.5, 0.6) is 5.75 Å². The van der Waals surface area contributed by atoms with E-state index in [2.05, 4.69) is 5.32 Å². The first-order valence-electron chi connectivity index (χ1n) is 5.71. The first-order valence-corrected chi connectivity index (χ1v) is 6.47. The van der Waals surface area contributed by atoms with Gasteiger partial charge in [-0.2, -0.15) is 0 Å². The number of ether oxygens (including phenoxy) is 1. The van der Waals surface area contributed by atoms with Gasteiger partial charge in [-0.1, -0.05) is 23.2 Å². The van der Waals surface area contributed by atoms with Crippen LogP contribution in [0.15, 0.2) is 36.4 Å². The lowest BCUT2D eigenvalue weighted by Crippen LogP contribution is -2.12. The molecule has 2 rings (SSSR count). The standard InChI is InChI=1S/C14H12Cl2N2O2/c1-20-13-5-3-9(15)7-12(13)18-14(19)8-2-4-11(17)10(16)6-8/h2-7H,17H2,1H3,(H,18,19). The van der Waals surface area contributed by atoms with E-state index in [-0.39, 0.29) is 5.91 Å². The first-order chi connectivity index (χ1) is 9.51. The molecule has 2 aromatic rings. The Morgan fingerprint density at radius 2 is 1.95 bits per heavy atom. The van der Waals surface area contributed by atoms with Crippen molar-refractivity contribution in [3.05, 3.63) is 52.0 Å². The van der Waals surface area contributed by atoms with Crippen molar-refractivity contribution in [2.45, 2.75) is 0 Å². The van der Waals surface area contributed by atoms with E-state index < -0.39 is 0 Å². The van der Waals surface area contributed by atoms with Gasteiger partial charge in [0.2, 0.25) is 0 Å². The normalized spacial score (nSPS) is 10.2. The van der Waals surface area contributed by atoms with E-state index >= 15 is 0 Å². The summed E-state index contributed by atoms with van der Waals surface area (Å²) in [5.41, 5.74) is 6.90. The molecule has 104 valence electrons. The molecule has 1 amide bonds. The number of anilines is 2. The van der Waals surface area contributed by atoms with Crippen LogP contribution in [0.3, 0.4) is 0 Å². The van der Waals surface area contributed by atoms with Crippen LogP contribution < -0.4 is 15.8 Å². The number of benzene rings is 2. The lowest BCUT2D eigenvalue weighted by molar-refractivity contribution is 0.102. The van der Waals surface area contributed by atoms with Crippen LogP contribution in [-0.4, -0.2) is 13.0 Å². The Balaban J connectivity index is 2.27. The molecule has 0 unspecified atom stereocenters. The van der Waals surface area contributed by atoms with Crippen LogP contribution >= 0.6 is 23.2 Å². The largest absolute Gasteiger partial charge is 0.495 e. The average molecular weight is 311 g/mol. The topological polar surface area (TPSA) is 64.3 Å².